The Bertz CT molecular complexity index is 1000. The molecular weight excluding hydrogens is 387 g/mol. The number of halogens is 1. The Morgan fingerprint density at radius 3 is 2.10 bits per heavy atom. The largest absolute Gasteiger partial charge is 0.371 e. The Kier molecular flexibility index (Phi) is 6.30. The minimum absolute atomic E-state index is 0.0308. The van der Waals surface area contributed by atoms with Crippen LogP contribution in [0.5, 0.6) is 0 Å². The molecule has 1 fully saturated rings. The summed E-state index contributed by atoms with van der Waals surface area (Å²) in [5.41, 5.74) is 4.02. The Labute approximate surface area is 184 Å². The van der Waals surface area contributed by atoms with Gasteiger partial charge in [0.25, 0.3) is 0 Å². The van der Waals surface area contributed by atoms with Crippen LogP contribution in [0.1, 0.15) is 43.6 Å². The smallest absolute Gasteiger partial charge is 0.131 e. The Morgan fingerprint density at radius 2 is 1.55 bits per heavy atom. The van der Waals surface area contributed by atoms with Gasteiger partial charge in [0.2, 0.25) is 0 Å². The molecule has 0 bridgehead atoms. The maximum Gasteiger partial charge on any atom is 0.131 e. The molecule has 0 amide bonds. The van der Waals surface area contributed by atoms with Gasteiger partial charge >= 0.3 is 0 Å². The van der Waals surface area contributed by atoms with Gasteiger partial charge in [-0.2, -0.15) is 0 Å². The standard InChI is InChI=1S/C27H29FN2O/c1-27(2,3)30-16-17-31-25(19-30)23-15-14-22(18-24(23)28)29-26(20-10-6-4-7-11-20)21-12-8-5-9-13-21/h4-15,18,25H,16-17,19H2,1-3H3/t25-/m0/s1. The molecule has 0 radical (unpaired) electrons. The van der Waals surface area contributed by atoms with Crippen LogP contribution in [-0.2, 0) is 4.74 Å². The van der Waals surface area contributed by atoms with Gasteiger partial charge in [0.1, 0.15) is 5.82 Å². The van der Waals surface area contributed by atoms with E-state index in [9.17, 15) is 0 Å². The summed E-state index contributed by atoms with van der Waals surface area (Å²) in [7, 11) is 0. The molecule has 1 atom stereocenters. The second kappa shape index (κ2) is 9.13. The first-order valence-corrected chi connectivity index (χ1v) is 10.8. The van der Waals surface area contributed by atoms with Crippen LogP contribution in [-0.4, -0.2) is 35.8 Å². The van der Waals surface area contributed by atoms with Crippen molar-refractivity contribution in [3.63, 3.8) is 0 Å². The van der Waals surface area contributed by atoms with Crippen LogP contribution in [0.2, 0.25) is 0 Å². The van der Waals surface area contributed by atoms with Crippen molar-refractivity contribution in [1.82, 2.24) is 4.90 Å². The van der Waals surface area contributed by atoms with Crippen molar-refractivity contribution in [2.45, 2.75) is 32.4 Å². The fourth-order valence-corrected chi connectivity index (χ4v) is 3.91. The van der Waals surface area contributed by atoms with Gasteiger partial charge in [0, 0.05) is 35.3 Å². The first-order valence-electron chi connectivity index (χ1n) is 10.8. The van der Waals surface area contributed by atoms with E-state index in [-0.39, 0.29) is 17.5 Å². The summed E-state index contributed by atoms with van der Waals surface area (Å²) in [6, 6.07) is 25.2. The Balaban J connectivity index is 1.65. The van der Waals surface area contributed by atoms with E-state index in [1.54, 1.807) is 0 Å². The summed E-state index contributed by atoms with van der Waals surface area (Å²) in [6.45, 7) is 8.69. The SMILES string of the molecule is CC(C)(C)N1CCO[C@H](c2ccc(N=C(c3ccccc3)c3ccccc3)cc2F)C1. The van der Waals surface area contributed by atoms with Crippen LogP contribution in [0, 0.1) is 5.82 Å². The molecule has 1 saturated heterocycles. The fourth-order valence-electron chi connectivity index (χ4n) is 3.91. The molecule has 3 nitrogen and oxygen atoms in total. The third-order valence-electron chi connectivity index (χ3n) is 5.68. The Morgan fingerprint density at radius 1 is 0.935 bits per heavy atom. The van der Waals surface area contributed by atoms with Gasteiger partial charge in [-0.1, -0.05) is 66.7 Å². The third kappa shape index (κ3) is 5.09. The molecule has 4 heteroatoms. The fraction of sp³-hybridized carbons (Fsp3) is 0.296. The number of nitrogens with zero attached hydrogens (tertiary/aromatic N) is 2. The van der Waals surface area contributed by atoms with E-state index in [2.05, 4.69) is 25.7 Å². The summed E-state index contributed by atoms with van der Waals surface area (Å²) in [5, 5.41) is 0. The minimum atomic E-state index is -0.275. The van der Waals surface area contributed by atoms with Gasteiger partial charge in [0.15, 0.2) is 0 Å². The monoisotopic (exact) mass is 416 g/mol. The number of hydrogen-bond donors (Lipinski definition) is 0. The predicted octanol–water partition coefficient (Wildman–Crippen LogP) is 6.17. The van der Waals surface area contributed by atoms with Crippen molar-refractivity contribution in [3.05, 3.63) is 101 Å². The van der Waals surface area contributed by atoms with Crippen molar-refractivity contribution in [1.29, 1.82) is 0 Å². The van der Waals surface area contributed by atoms with Crippen LogP contribution >= 0.6 is 0 Å². The van der Waals surface area contributed by atoms with Crippen molar-refractivity contribution >= 4 is 11.4 Å². The molecule has 1 aliphatic rings. The molecule has 0 N–H and O–H groups in total. The average molecular weight is 417 g/mol. The summed E-state index contributed by atoms with van der Waals surface area (Å²) >= 11 is 0. The zero-order valence-electron chi connectivity index (χ0n) is 18.4. The van der Waals surface area contributed by atoms with Gasteiger partial charge < -0.3 is 4.74 Å². The normalized spacial score (nSPS) is 17.4. The molecule has 160 valence electrons. The highest BCUT2D eigenvalue weighted by atomic mass is 19.1. The molecule has 0 unspecified atom stereocenters. The summed E-state index contributed by atoms with van der Waals surface area (Å²) < 4.78 is 21.1. The lowest BCUT2D eigenvalue weighted by molar-refractivity contribution is -0.0609. The first-order chi connectivity index (χ1) is 14.9. The van der Waals surface area contributed by atoms with Gasteiger partial charge in [0.05, 0.1) is 24.1 Å². The second-order valence-electron chi connectivity index (χ2n) is 8.87. The minimum Gasteiger partial charge on any atom is -0.371 e. The molecule has 31 heavy (non-hydrogen) atoms. The highest BCUT2D eigenvalue weighted by Gasteiger charge is 2.30. The zero-order chi connectivity index (χ0) is 21.8. The van der Waals surface area contributed by atoms with Crippen LogP contribution in [0.15, 0.2) is 83.9 Å². The number of hydrogen-bond acceptors (Lipinski definition) is 3. The van der Waals surface area contributed by atoms with Gasteiger partial charge in [-0.25, -0.2) is 9.38 Å². The molecule has 0 aliphatic carbocycles. The van der Waals surface area contributed by atoms with Crippen LogP contribution < -0.4 is 0 Å². The third-order valence-corrected chi connectivity index (χ3v) is 5.68. The lowest BCUT2D eigenvalue weighted by Crippen LogP contribution is -2.49. The molecule has 0 aromatic heterocycles. The lowest BCUT2D eigenvalue weighted by atomic mass is 10.0. The first kappa shape index (κ1) is 21.4. The summed E-state index contributed by atoms with van der Waals surface area (Å²) in [4.78, 5) is 7.17. The van der Waals surface area contributed by atoms with Gasteiger partial charge in [-0.3, -0.25) is 4.90 Å². The lowest BCUT2D eigenvalue weighted by Gasteiger charge is -2.41. The molecule has 0 spiro atoms. The average Bonchev–Trinajstić information content (AvgIpc) is 2.78. The molecule has 3 aromatic carbocycles. The second-order valence-corrected chi connectivity index (χ2v) is 8.87. The topological polar surface area (TPSA) is 24.8 Å². The van der Waals surface area contributed by atoms with E-state index in [0.717, 1.165) is 23.4 Å². The van der Waals surface area contributed by atoms with E-state index >= 15 is 4.39 Å². The predicted molar refractivity (Wildman–Crippen MR) is 125 cm³/mol. The number of ether oxygens (including phenoxy) is 1. The van der Waals surface area contributed by atoms with E-state index in [0.29, 0.717) is 24.4 Å². The van der Waals surface area contributed by atoms with Crippen LogP contribution in [0.25, 0.3) is 0 Å². The van der Waals surface area contributed by atoms with E-state index in [1.165, 1.54) is 6.07 Å². The maximum absolute atomic E-state index is 15.1. The van der Waals surface area contributed by atoms with E-state index in [1.807, 2.05) is 72.8 Å². The van der Waals surface area contributed by atoms with Crippen molar-refractivity contribution in [2.75, 3.05) is 19.7 Å². The summed E-state index contributed by atoms with van der Waals surface area (Å²) in [6.07, 6.45) is -0.270. The van der Waals surface area contributed by atoms with E-state index < -0.39 is 0 Å². The number of rotatable bonds is 4. The van der Waals surface area contributed by atoms with Crippen molar-refractivity contribution in [2.24, 2.45) is 4.99 Å². The Hall–Kier alpha value is -2.82. The maximum atomic E-state index is 15.1. The van der Waals surface area contributed by atoms with Crippen molar-refractivity contribution < 1.29 is 9.13 Å². The molecule has 0 saturated carbocycles. The van der Waals surface area contributed by atoms with Gasteiger partial charge in [-0.05, 0) is 32.9 Å². The highest BCUT2D eigenvalue weighted by Crippen LogP contribution is 2.30. The highest BCUT2D eigenvalue weighted by molar-refractivity contribution is 6.13. The van der Waals surface area contributed by atoms with Gasteiger partial charge in [-0.15, -0.1) is 0 Å². The summed E-state index contributed by atoms with van der Waals surface area (Å²) in [5.74, 6) is -0.275. The molecule has 1 aliphatic heterocycles. The van der Waals surface area contributed by atoms with E-state index in [4.69, 9.17) is 9.73 Å². The van der Waals surface area contributed by atoms with Crippen LogP contribution in [0.4, 0.5) is 10.1 Å². The van der Waals surface area contributed by atoms with Crippen molar-refractivity contribution in [3.8, 4) is 0 Å². The molecule has 1 heterocycles. The quantitative estimate of drug-likeness (QED) is 0.475. The number of aliphatic imine (C=N–C) groups is 1. The molecule has 4 rings (SSSR count). The molecule has 3 aromatic rings. The number of benzene rings is 3. The van der Waals surface area contributed by atoms with Crippen LogP contribution in [0.3, 0.4) is 0 Å². The zero-order valence-corrected chi connectivity index (χ0v) is 18.4. The molecular formula is C27H29FN2O. The number of morpholine rings is 1.